The fourth-order valence-electron chi connectivity index (χ4n) is 2.20. The molecule has 0 radical (unpaired) electrons. The Morgan fingerprint density at radius 3 is 2.55 bits per heavy atom. The van der Waals surface area contributed by atoms with Gasteiger partial charge in [0.15, 0.2) is 0 Å². The number of nitrogens with one attached hydrogen (secondary N) is 1. The first-order valence-electron chi connectivity index (χ1n) is 6.69. The van der Waals surface area contributed by atoms with Crippen LogP contribution >= 0.6 is 0 Å². The molecule has 20 heavy (non-hydrogen) atoms. The Labute approximate surface area is 119 Å². The van der Waals surface area contributed by atoms with E-state index >= 15 is 0 Å². The van der Waals surface area contributed by atoms with Crippen LogP contribution in [0, 0.1) is 13.8 Å². The Morgan fingerprint density at radius 2 is 1.85 bits per heavy atom. The van der Waals surface area contributed by atoms with Crippen molar-refractivity contribution < 1.29 is 9.90 Å². The van der Waals surface area contributed by atoms with E-state index in [1.807, 2.05) is 25.1 Å². The van der Waals surface area contributed by atoms with E-state index in [0.29, 0.717) is 17.8 Å². The van der Waals surface area contributed by atoms with Gasteiger partial charge in [0.05, 0.1) is 5.56 Å². The molecule has 0 aliphatic carbocycles. The Hall–Kier alpha value is -2.29. The first kappa shape index (κ1) is 14.1. The predicted octanol–water partition coefficient (Wildman–Crippen LogP) is 3.66. The second kappa shape index (κ2) is 6.24. The van der Waals surface area contributed by atoms with Crippen molar-refractivity contribution in [1.82, 2.24) is 0 Å². The lowest BCUT2D eigenvalue weighted by molar-refractivity contribution is 0.0698. The van der Waals surface area contributed by atoms with Gasteiger partial charge in [-0.2, -0.15) is 0 Å². The van der Waals surface area contributed by atoms with Gasteiger partial charge < -0.3 is 10.4 Å². The molecule has 0 fully saturated rings. The normalized spacial score (nSPS) is 10.3. The van der Waals surface area contributed by atoms with Crippen LogP contribution in [0.2, 0.25) is 0 Å². The molecule has 2 aromatic carbocycles. The van der Waals surface area contributed by atoms with E-state index in [1.54, 1.807) is 6.07 Å². The number of aryl methyl sites for hydroxylation is 2. The van der Waals surface area contributed by atoms with Gasteiger partial charge in [0.25, 0.3) is 0 Å². The average molecular weight is 269 g/mol. The van der Waals surface area contributed by atoms with E-state index in [1.165, 1.54) is 11.1 Å². The summed E-state index contributed by atoms with van der Waals surface area (Å²) < 4.78 is 0. The summed E-state index contributed by atoms with van der Waals surface area (Å²) in [6.45, 7) is 4.68. The number of benzene rings is 2. The zero-order valence-corrected chi connectivity index (χ0v) is 11.8. The highest BCUT2D eigenvalue weighted by Gasteiger charge is 2.09. The molecule has 0 heterocycles. The Morgan fingerprint density at radius 1 is 1.10 bits per heavy atom. The lowest BCUT2D eigenvalue weighted by Crippen LogP contribution is -2.09. The smallest absolute Gasteiger partial charge is 0.337 e. The number of rotatable bonds is 5. The predicted molar refractivity (Wildman–Crippen MR) is 81.5 cm³/mol. The molecule has 0 atom stereocenters. The van der Waals surface area contributed by atoms with E-state index < -0.39 is 5.97 Å². The third-order valence-electron chi connectivity index (χ3n) is 3.22. The van der Waals surface area contributed by atoms with Gasteiger partial charge >= 0.3 is 5.97 Å². The molecular weight excluding hydrogens is 250 g/mol. The number of hydrogen-bond donors (Lipinski definition) is 2. The van der Waals surface area contributed by atoms with Gasteiger partial charge in [-0.05, 0) is 38.0 Å². The van der Waals surface area contributed by atoms with Crippen molar-refractivity contribution in [3.8, 4) is 0 Å². The zero-order valence-electron chi connectivity index (χ0n) is 11.8. The van der Waals surface area contributed by atoms with Crippen molar-refractivity contribution in [3.63, 3.8) is 0 Å². The maximum Gasteiger partial charge on any atom is 0.337 e. The molecule has 2 rings (SSSR count). The van der Waals surface area contributed by atoms with Gasteiger partial charge in [-0.15, -0.1) is 0 Å². The summed E-state index contributed by atoms with van der Waals surface area (Å²) in [5, 5.41) is 12.4. The number of carboxylic acids is 1. The molecule has 0 spiro atoms. The number of carboxylic acid groups (broad SMARTS) is 1. The maximum atomic E-state index is 11.2. The molecule has 0 aliphatic heterocycles. The average Bonchev–Trinajstić information content (AvgIpc) is 2.40. The highest BCUT2D eigenvalue weighted by Crippen LogP contribution is 2.17. The lowest BCUT2D eigenvalue weighted by Gasteiger charge is -2.10. The van der Waals surface area contributed by atoms with Gasteiger partial charge in [0.2, 0.25) is 0 Å². The highest BCUT2D eigenvalue weighted by molar-refractivity contribution is 5.94. The van der Waals surface area contributed by atoms with Crippen LogP contribution in [0.1, 0.15) is 27.0 Å². The molecule has 2 N–H and O–H groups in total. The van der Waals surface area contributed by atoms with Crippen molar-refractivity contribution in [2.75, 3.05) is 11.9 Å². The van der Waals surface area contributed by atoms with Crippen LogP contribution < -0.4 is 5.32 Å². The quantitative estimate of drug-likeness (QED) is 0.871. The molecule has 2 aromatic rings. The van der Waals surface area contributed by atoms with Crippen LogP contribution in [0.5, 0.6) is 0 Å². The number of carbonyl (C=O) groups is 1. The molecular formula is C17H19NO2. The molecule has 0 saturated carbocycles. The molecule has 0 saturated heterocycles. The first-order chi connectivity index (χ1) is 9.56. The van der Waals surface area contributed by atoms with Gasteiger partial charge in [-0.3, -0.25) is 0 Å². The minimum atomic E-state index is -0.897. The summed E-state index contributed by atoms with van der Waals surface area (Å²) in [7, 11) is 0. The van der Waals surface area contributed by atoms with E-state index in [-0.39, 0.29) is 0 Å². The van der Waals surface area contributed by atoms with Crippen molar-refractivity contribution in [2.24, 2.45) is 0 Å². The van der Waals surface area contributed by atoms with Gasteiger partial charge in [-0.1, -0.05) is 41.5 Å². The number of aromatic carboxylic acids is 1. The standard InChI is InChI=1S/C17H19NO2/c1-12-4-3-5-14(10-12)8-9-18-16-7-6-13(2)11-15(16)17(19)20/h3-7,10-11,18H,8-9H2,1-2H3,(H,19,20). The summed E-state index contributed by atoms with van der Waals surface area (Å²) in [5.74, 6) is -0.897. The SMILES string of the molecule is Cc1cccc(CCNc2ccc(C)cc2C(=O)O)c1. The second-order valence-electron chi connectivity index (χ2n) is 5.02. The molecule has 0 aliphatic rings. The van der Waals surface area contributed by atoms with Gasteiger partial charge in [0, 0.05) is 12.2 Å². The molecule has 104 valence electrons. The summed E-state index contributed by atoms with van der Waals surface area (Å²) in [6, 6.07) is 13.8. The van der Waals surface area contributed by atoms with Crippen molar-refractivity contribution in [1.29, 1.82) is 0 Å². The Balaban J connectivity index is 2.02. The highest BCUT2D eigenvalue weighted by atomic mass is 16.4. The topological polar surface area (TPSA) is 49.3 Å². The Kier molecular flexibility index (Phi) is 4.41. The fourth-order valence-corrected chi connectivity index (χ4v) is 2.20. The van der Waals surface area contributed by atoms with E-state index in [0.717, 1.165) is 12.0 Å². The molecule has 0 bridgehead atoms. The van der Waals surface area contributed by atoms with Crippen LogP contribution in [-0.2, 0) is 6.42 Å². The van der Waals surface area contributed by atoms with E-state index in [2.05, 4.69) is 30.4 Å². The van der Waals surface area contributed by atoms with Crippen molar-refractivity contribution in [3.05, 3.63) is 64.7 Å². The maximum absolute atomic E-state index is 11.2. The van der Waals surface area contributed by atoms with Crippen LogP contribution in [-0.4, -0.2) is 17.6 Å². The Bertz CT molecular complexity index is 620. The molecule has 3 heteroatoms. The summed E-state index contributed by atoms with van der Waals surface area (Å²) in [6.07, 6.45) is 0.870. The van der Waals surface area contributed by atoms with E-state index in [4.69, 9.17) is 0 Å². The molecule has 3 nitrogen and oxygen atoms in total. The van der Waals surface area contributed by atoms with Crippen LogP contribution in [0.15, 0.2) is 42.5 Å². The van der Waals surface area contributed by atoms with Crippen LogP contribution in [0.4, 0.5) is 5.69 Å². The van der Waals surface area contributed by atoms with Gasteiger partial charge in [-0.25, -0.2) is 4.79 Å². The monoisotopic (exact) mass is 269 g/mol. The van der Waals surface area contributed by atoms with Crippen LogP contribution in [0.25, 0.3) is 0 Å². The van der Waals surface area contributed by atoms with Crippen molar-refractivity contribution in [2.45, 2.75) is 20.3 Å². The second-order valence-corrected chi connectivity index (χ2v) is 5.02. The zero-order chi connectivity index (χ0) is 14.5. The fraction of sp³-hybridized carbons (Fsp3) is 0.235. The van der Waals surface area contributed by atoms with E-state index in [9.17, 15) is 9.90 Å². The molecule has 0 amide bonds. The minimum absolute atomic E-state index is 0.328. The third-order valence-corrected chi connectivity index (χ3v) is 3.22. The third kappa shape index (κ3) is 3.60. The largest absolute Gasteiger partial charge is 0.478 e. The van der Waals surface area contributed by atoms with Crippen LogP contribution in [0.3, 0.4) is 0 Å². The summed E-state index contributed by atoms with van der Waals surface area (Å²) in [5.41, 5.74) is 4.45. The number of hydrogen-bond acceptors (Lipinski definition) is 2. The summed E-state index contributed by atoms with van der Waals surface area (Å²) in [4.78, 5) is 11.2. The van der Waals surface area contributed by atoms with Crippen molar-refractivity contribution >= 4 is 11.7 Å². The number of anilines is 1. The molecule has 0 aromatic heterocycles. The minimum Gasteiger partial charge on any atom is -0.478 e. The molecule has 0 unspecified atom stereocenters. The first-order valence-corrected chi connectivity index (χ1v) is 6.69. The lowest BCUT2D eigenvalue weighted by atomic mass is 10.1. The summed E-state index contributed by atoms with van der Waals surface area (Å²) >= 11 is 0. The van der Waals surface area contributed by atoms with Gasteiger partial charge in [0.1, 0.15) is 0 Å².